The molecule has 0 aliphatic heterocycles. The van der Waals surface area contributed by atoms with Gasteiger partial charge in [0.2, 0.25) is 0 Å². The van der Waals surface area contributed by atoms with Crippen molar-refractivity contribution >= 4 is 0 Å². The van der Waals surface area contributed by atoms with Crippen LogP contribution in [0.1, 0.15) is 99.3 Å². The summed E-state index contributed by atoms with van der Waals surface area (Å²) in [6.07, 6.45) is 9.59. The number of hydrogen-bond acceptors (Lipinski definition) is 4. The van der Waals surface area contributed by atoms with E-state index in [4.69, 9.17) is 18.9 Å². The Morgan fingerprint density at radius 2 is 1.00 bits per heavy atom. The molecule has 2 aromatic rings. The summed E-state index contributed by atoms with van der Waals surface area (Å²) >= 11 is 0. The average Bonchev–Trinajstić information content (AvgIpc) is 2.82. The van der Waals surface area contributed by atoms with E-state index in [2.05, 4.69) is 0 Å². The van der Waals surface area contributed by atoms with Gasteiger partial charge in [0.1, 0.15) is 22.7 Å². The Labute approximate surface area is 222 Å². The van der Waals surface area contributed by atoms with Crippen LogP contribution in [-0.2, 0) is 0 Å². The van der Waals surface area contributed by atoms with Crippen LogP contribution in [0.4, 0.5) is 8.78 Å². The minimum Gasteiger partial charge on any atom is -0.493 e. The number of rotatable bonds is 17. The van der Waals surface area contributed by atoms with Crippen molar-refractivity contribution in [3.05, 3.63) is 48.0 Å². The van der Waals surface area contributed by atoms with Crippen molar-refractivity contribution in [2.45, 2.75) is 111 Å². The predicted octanol–water partition coefficient (Wildman–Crippen LogP) is 9.29. The van der Waals surface area contributed by atoms with Gasteiger partial charge in [0.15, 0.2) is 23.1 Å². The molecule has 0 N–H and O–H groups in total. The molecule has 0 aliphatic rings. The maximum atomic E-state index is 14.3. The summed E-state index contributed by atoms with van der Waals surface area (Å²) in [6, 6.07) is 9.57. The van der Waals surface area contributed by atoms with E-state index in [1.807, 2.05) is 41.5 Å². The highest BCUT2D eigenvalue weighted by molar-refractivity contribution is 5.34. The van der Waals surface area contributed by atoms with Crippen molar-refractivity contribution in [2.75, 3.05) is 13.2 Å². The SMILES string of the molecule is CCC(C)(C)Oc1ccc(OCCCCCCCCCCOc2ccc(OC(C)(C)C)c(F)c2)cc1F. The Bertz CT molecular complexity index is 937. The molecule has 0 spiro atoms. The monoisotopic (exact) mass is 520 g/mol. The molecule has 0 aliphatic carbocycles. The van der Waals surface area contributed by atoms with Crippen LogP contribution in [0.5, 0.6) is 23.0 Å². The molecule has 0 saturated carbocycles. The van der Waals surface area contributed by atoms with E-state index in [1.165, 1.54) is 25.0 Å². The maximum Gasteiger partial charge on any atom is 0.168 e. The highest BCUT2D eigenvalue weighted by Crippen LogP contribution is 2.28. The van der Waals surface area contributed by atoms with Crippen LogP contribution in [0.25, 0.3) is 0 Å². The Morgan fingerprint density at radius 1 is 0.595 bits per heavy atom. The molecule has 0 amide bonds. The Kier molecular flexibility index (Phi) is 12.5. The van der Waals surface area contributed by atoms with Gasteiger partial charge in [-0.3, -0.25) is 0 Å². The maximum absolute atomic E-state index is 14.3. The molecular weight excluding hydrogens is 474 g/mol. The minimum absolute atomic E-state index is 0.246. The molecule has 0 saturated heterocycles. The van der Waals surface area contributed by atoms with E-state index >= 15 is 0 Å². The Morgan fingerprint density at radius 3 is 1.38 bits per heavy atom. The van der Waals surface area contributed by atoms with Crippen molar-refractivity contribution < 1.29 is 27.7 Å². The molecule has 0 fully saturated rings. The van der Waals surface area contributed by atoms with Crippen molar-refractivity contribution in [3.63, 3.8) is 0 Å². The lowest BCUT2D eigenvalue weighted by Gasteiger charge is -2.25. The number of ether oxygens (including phenoxy) is 4. The van der Waals surface area contributed by atoms with Gasteiger partial charge in [-0.1, -0.05) is 45.4 Å². The molecule has 6 heteroatoms. The number of hydrogen-bond donors (Lipinski definition) is 0. The molecule has 0 atom stereocenters. The smallest absolute Gasteiger partial charge is 0.168 e. The molecule has 0 bridgehead atoms. The second-order valence-corrected chi connectivity index (χ2v) is 11.1. The van der Waals surface area contributed by atoms with E-state index in [9.17, 15) is 8.78 Å². The summed E-state index contributed by atoms with van der Waals surface area (Å²) in [5, 5.41) is 0. The van der Waals surface area contributed by atoms with E-state index < -0.39 is 17.0 Å². The number of benzene rings is 2. The quantitative estimate of drug-likeness (QED) is 0.195. The van der Waals surface area contributed by atoms with Gasteiger partial charge in [0.25, 0.3) is 0 Å². The highest BCUT2D eigenvalue weighted by atomic mass is 19.1. The largest absolute Gasteiger partial charge is 0.493 e. The molecular formula is C31H46F2O4. The molecule has 0 radical (unpaired) electrons. The van der Waals surface area contributed by atoms with Crippen molar-refractivity contribution in [3.8, 4) is 23.0 Å². The third-order valence-electron chi connectivity index (χ3n) is 6.04. The molecule has 0 aromatic heterocycles. The zero-order chi connectivity index (χ0) is 27.3. The second kappa shape index (κ2) is 15.0. The van der Waals surface area contributed by atoms with Crippen molar-refractivity contribution in [1.82, 2.24) is 0 Å². The third-order valence-corrected chi connectivity index (χ3v) is 6.04. The third kappa shape index (κ3) is 12.5. The minimum atomic E-state index is -0.438. The second-order valence-electron chi connectivity index (χ2n) is 11.1. The fourth-order valence-electron chi connectivity index (χ4n) is 3.65. The van der Waals surface area contributed by atoms with Gasteiger partial charge in [0.05, 0.1) is 13.2 Å². The first-order valence-electron chi connectivity index (χ1n) is 13.7. The van der Waals surface area contributed by atoms with Crippen LogP contribution in [0, 0.1) is 11.6 Å². The predicted molar refractivity (Wildman–Crippen MR) is 146 cm³/mol. The first kappa shape index (κ1) is 30.7. The van der Waals surface area contributed by atoms with Gasteiger partial charge < -0.3 is 18.9 Å². The fraction of sp³-hybridized carbons (Fsp3) is 0.613. The van der Waals surface area contributed by atoms with Gasteiger partial charge in [-0.25, -0.2) is 8.78 Å². The molecule has 37 heavy (non-hydrogen) atoms. The average molecular weight is 521 g/mol. The van der Waals surface area contributed by atoms with Crippen LogP contribution in [0.15, 0.2) is 36.4 Å². The molecule has 208 valence electrons. The topological polar surface area (TPSA) is 36.9 Å². The van der Waals surface area contributed by atoms with Gasteiger partial charge >= 0.3 is 0 Å². The molecule has 2 rings (SSSR count). The summed E-state index contributed by atoms with van der Waals surface area (Å²) in [5.41, 5.74) is -0.834. The summed E-state index contributed by atoms with van der Waals surface area (Å²) < 4.78 is 51.1. The number of halogens is 2. The normalized spacial score (nSPS) is 11.9. The van der Waals surface area contributed by atoms with Gasteiger partial charge in [-0.2, -0.15) is 0 Å². The zero-order valence-electron chi connectivity index (χ0n) is 23.6. The van der Waals surface area contributed by atoms with Gasteiger partial charge in [-0.15, -0.1) is 0 Å². The highest BCUT2D eigenvalue weighted by Gasteiger charge is 2.19. The summed E-state index contributed by atoms with van der Waals surface area (Å²) in [4.78, 5) is 0. The lowest BCUT2D eigenvalue weighted by molar-refractivity contribution is 0.0992. The summed E-state index contributed by atoms with van der Waals surface area (Å²) in [7, 11) is 0. The summed E-state index contributed by atoms with van der Waals surface area (Å²) in [6.45, 7) is 12.7. The standard InChI is InChI=1S/C31H46F2O4/c1-7-31(5,6)37-29-19-17-25(23-27(29)33)35-21-15-13-11-9-8-10-12-14-20-34-24-16-18-28(26(32)22-24)36-30(2,3)4/h16-19,22-23H,7-15,20-21H2,1-6H3. The first-order valence-corrected chi connectivity index (χ1v) is 13.7. The van der Waals surface area contributed by atoms with Crippen LogP contribution in [0.2, 0.25) is 0 Å². The van der Waals surface area contributed by atoms with Crippen LogP contribution in [-0.4, -0.2) is 24.4 Å². The Hall–Kier alpha value is -2.50. The molecule has 2 aromatic carbocycles. The van der Waals surface area contributed by atoms with E-state index in [-0.39, 0.29) is 17.3 Å². The van der Waals surface area contributed by atoms with Crippen molar-refractivity contribution in [1.29, 1.82) is 0 Å². The van der Waals surface area contributed by atoms with Crippen molar-refractivity contribution in [2.24, 2.45) is 0 Å². The van der Waals surface area contributed by atoms with E-state index in [0.717, 1.165) is 44.9 Å². The molecule has 0 unspecified atom stereocenters. The van der Waals surface area contributed by atoms with Gasteiger partial charge in [0, 0.05) is 12.1 Å². The lowest BCUT2D eigenvalue weighted by Crippen LogP contribution is -2.27. The van der Waals surface area contributed by atoms with Crippen LogP contribution >= 0.6 is 0 Å². The summed E-state index contributed by atoms with van der Waals surface area (Å²) in [5.74, 6) is 0.798. The Balaban J connectivity index is 1.48. The first-order chi connectivity index (χ1) is 17.5. The van der Waals surface area contributed by atoms with Crippen LogP contribution in [0.3, 0.4) is 0 Å². The lowest BCUT2D eigenvalue weighted by atomic mass is 10.1. The zero-order valence-corrected chi connectivity index (χ0v) is 23.6. The fourth-order valence-corrected chi connectivity index (χ4v) is 3.65. The van der Waals surface area contributed by atoms with Gasteiger partial charge in [-0.05, 0) is 78.1 Å². The number of unbranched alkanes of at least 4 members (excludes halogenated alkanes) is 7. The van der Waals surface area contributed by atoms with E-state index in [0.29, 0.717) is 24.7 Å². The van der Waals surface area contributed by atoms with Crippen LogP contribution < -0.4 is 18.9 Å². The molecule has 4 nitrogen and oxygen atoms in total. The molecule has 0 heterocycles. The van der Waals surface area contributed by atoms with E-state index in [1.54, 1.807) is 24.3 Å².